The summed E-state index contributed by atoms with van der Waals surface area (Å²) in [5.74, 6) is 0.507. The first kappa shape index (κ1) is 18.3. The zero-order valence-electron chi connectivity index (χ0n) is 16.1. The molecule has 3 heterocycles. The number of amides is 1. The Morgan fingerprint density at radius 2 is 2.03 bits per heavy atom. The van der Waals surface area contributed by atoms with E-state index in [4.69, 9.17) is 0 Å². The van der Waals surface area contributed by atoms with Crippen LogP contribution in [0.2, 0.25) is 0 Å². The van der Waals surface area contributed by atoms with E-state index in [1.807, 2.05) is 18.2 Å². The zero-order chi connectivity index (χ0) is 19.8. The lowest BCUT2D eigenvalue weighted by atomic mass is 9.64. The highest BCUT2D eigenvalue weighted by molar-refractivity contribution is 7.16. The number of carbonyl (C=O) groups is 1. The predicted molar refractivity (Wildman–Crippen MR) is 114 cm³/mol. The van der Waals surface area contributed by atoms with E-state index >= 15 is 0 Å². The summed E-state index contributed by atoms with van der Waals surface area (Å²) >= 11 is 1.56. The Labute approximate surface area is 172 Å². The lowest BCUT2D eigenvalue weighted by molar-refractivity contribution is -0.117. The van der Waals surface area contributed by atoms with Crippen molar-refractivity contribution in [2.45, 2.75) is 38.6 Å². The Hall–Kier alpha value is -2.74. The molecular formula is C21H23N5O2S. The number of carbonyl (C=O) groups excluding carboxylic acids is 1. The Kier molecular flexibility index (Phi) is 4.58. The minimum atomic E-state index is -0.277. The quantitative estimate of drug-likeness (QED) is 0.715. The molecule has 0 unspecified atom stereocenters. The smallest absolute Gasteiger partial charge is 0.267 e. The van der Waals surface area contributed by atoms with Gasteiger partial charge in [-0.2, -0.15) is 5.10 Å². The number of benzene rings is 1. The van der Waals surface area contributed by atoms with Crippen molar-refractivity contribution in [3.8, 4) is 0 Å². The van der Waals surface area contributed by atoms with Crippen molar-refractivity contribution >= 4 is 39.0 Å². The first-order valence-corrected chi connectivity index (χ1v) is 10.9. The van der Waals surface area contributed by atoms with E-state index in [1.165, 1.54) is 36.4 Å². The van der Waals surface area contributed by atoms with Crippen molar-refractivity contribution in [2.24, 2.45) is 5.41 Å². The van der Waals surface area contributed by atoms with Crippen molar-refractivity contribution < 1.29 is 4.79 Å². The molecule has 1 aromatic carbocycles. The predicted octanol–water partition coefficient (Wildman–Crippen LogP) is 3.26. The fourth-order valence-corrected chi connectivity index (χ4v) is 5.14. The average Bonchev–Trinajstić information content (AvgIpc) is 3.16. The topological polar surface area (TPSA) is 80.1 Å². The van der Waals surface area contributed by atoms with Gasteiger partial charge in [-0.25, -0.2) is 9.67 Å². The summed E-state index contributed by atoms with van der Waals surface area (Å²) in [6.07, 6.45) is 6.33. The molecule has 7 nitrogen and oxygen atoms in total. The number of aromatic nitrogens is 3. The highest BCUT2D eigenvalue weighted by atomic mass is 32.1. The number of thiazole rings is 1. The number of nitrogens with one attached hydrogen (secondary N) is 1. The zero-order valence-corrected chi connectivity index (χ0v) is 17.0. The first-order valence-electron chi connectivity index (χ1n) is 10.1. The van der Waals surface area contributed by atoms with Crippen LogP contribution in [-0.2, 0) is 11.3 Å². The van der Waals surface area contributed by atoms with E-state index in [9.17, 15) is 9.59 Å². The Morgan fingerprint density at radius 1 is 1.17 bits per heavy atom. The number of anilines is 2. The van der Waals surface area contributed by atoms with E-state index in [-0.39, 0.29) is 18.0 Å². The molecule has 1 aliphatic heterocycles. The monoisotopic (exact) mass is 409 g/mol. The summed E-state index contributed by atoms with van der Waals surface area (Å²) in [7, 11) is 0. The highest BCUT2D eigenvalue weighted by Crippen LogP contribution is 2.47. The first-order chi connectivity index (χ1) is 14.1. The summed E-state index contributed by atoms with van der Waals surface area (Å²) in [5.41, 5.74) is 3.46. The maximum absolute atomic E-state index is 12.5. The van der Waals surface area contributed by atoms with E-state index in [2.05, 4.69) is 20.3 Å². The highest BCUT2D eigenvalue weighted by Gasteiger charge is 2.40. The van der Waals surface area contributed by atoms with Gasteiger partial charge in [0.25, 0.3) is 5.56 Å². The lowest BCUT2D eigenvalue weighted by Gasteiger charge is -2.49. The van der Waals surface area contributed by atoms with Crippen LogP contribution >= 0.6 is 11.3 Å². The molecule has 29 heavy (non-hydrogen) atoms. The SMILES string of the molecule is O=C(Cn1nc(N2CCCC3(CCC3)C2)ccc1=O)Nc1ccc2scnc2c1. The van der Waals surface area contributed by atoms with Crippen LogP contribution in [0.5, 0.6) is 0 Å². The van der Waals surface area contributed by atoms with Crippen LogP contribution in [0.4, 0.5) is 11.5 Å². The molecule has 0 radical (unpaired) electrons. The third-order valence-electron chi connectivity index (χ3n) is 6.16. The van der Waals surface area contributed by atoms with Gasteiger partial charge in [-0.1, -0.05) is 6.42 Å². The number of piperidine rings is 1. The second-order valence-corrected chi connectivity index (χ2v) is 9.04. The largest absolute Gasteiger partial charge is 0.355 e. The third kappa shape index (κ3) is 3.64. The van der Waals surface area contributed by atoms with E-state index < -0.39 is 0 Å². The molecule has 0 bridgehead atoms. The van der Waals surface area contributed by atoms with Gasteiger partial charge in [-0.3, -0.25) is 9.59 Å². The van der Waals surface area contributed by atoms with Gasteiger partial charge in [0.15, 0.2) is 0 Å². The van der Waals surface area contributed by atoms with E-state index in [0.717, 1.165) is 35.5 Å². The van der Waals surface area contributed by atoms with Gasteiger partial charge >= 0.3 is 0 Å². The standard InChI is InChI=1S/C21H23N5O2S/c27-19(23-15-3-4-17-16(11-15)22-14-29-17)12-26-20(28)6-5-18(24-26)25-10-2-9-21(13-25)7-1-8-21/h3-6,11,14H,1-2,7-10,12-13H2,(H,23,27). The molecule has 3 aromatic rings. The second kappa shape index (κ2) is 7.26. The number of hydrogen-bond donors (Lipinski definition) is 1. The Morgan fingerprint density at radius 3 is 2.86 bits per heavy atom. The van der Waals surface area contributed by atoms with Crippen molar-refractivity contribution in [3.63, 3.8) is 0 Å². The number of rotatable bonds is 4. The summed E-state index contributed by atoms with van der Waals surface area (Å²) in [6, 6.07) is 8.91. The van der Waals surface area contributed by atoms with Crippen molar-refractivity contribution in [2.75, 3.05) is 23.3 Å². The van der Waals surface area contributed by atoms with Gasteiger partial charge in [-0.15, -0.1) is 11.3 Å². The van der Waals surface area contributed by atoms with Crippen LogP contribution in [0.15, 0.2) is 40.6 Å². The van der Waals surface area contributed by atoms with Crippen LogP contribution in [0.25, 0.3) is 10.2 Å². The Balaban J connectivity index is 1.30. The number of hydrogen-bond acceptors (Lipinski definition) is 6. The number of nitrogens with zero attached hydrogens (tertiary/aromatic N) is 4. The fourth-order valence-electron chi connectivity index (χ4n) is 4.48. The molecule has 2 aliphatic rings. The van der Waals surface area contributed by atoms with Crippen LogP contribution in [-0.4, -0.2) is 33.8 Å². The average molecular weight is 410 g/mol. The fraction of sp³-hybridized carbons (Fsp3) is 0.429. The maximum Gasteiger partial charge on any atom is 0.267 e. The van der Waals surface area contributed by atoms with Crippen molar-refractivity contribution in [3.05, 3.63) is 46.2 Å². The van der Waals surface area contributed by atoms with Crippen molar-refractivity contribution in [1.29, 1.82) is 0 Å². The molecule has 1 N–H and O–H groups in total. The normalized spacial score (nSPS) is 18.0. The van der Waals surface area contributed by atoms with Gasteiger partial charge in [0.2, 0.25) is 5.91 Å². The molecule has 1 spiro atoms. The van der Waals surface area contributed by atoms with Gasteiger partial charge in [0, 0.05) is 24.8 Å². The lowest BCUT2D eigenvalue weighted by Crippen LogP contribution is -2.47. The van der Waals surface area contributed by atoms with Crippen LogP contribution in [0.1, 0.15) is 32.1 Å². The molecule has 1 saturated heterocycles. The van der Waals surface area contributed by atoms with E-state index in [1.54, 1.807) is 22.9 Å². The maximum atomic E-state index is 12.5. The summed E-state index contributed by atoms with van der Waals surface area (Å²) < 4.78 is 2.33. The minimum absolute atomic E-state index is 0.110. The summed E-state index contributed by atoms with van der Waals surface area (Å²) in [5, 5.41) is 7.34. The van der Waals surface area contributed by atoms with Crippen molar-refractivity contribution in [1.82, 2.24) is 14.8 Å². The van der Waals surface area contributed by atoms with Crippen LogP contribution in [0, 0.1) is 5.41 Å². The molecular weight excluding hydrogens is 386 g/mol. The molecule has 8 heteroatoms. The summed E-state index contributed by atoms with van der Waals surface area (Å²) in [4.78, 5) is 31.3. The number of fused-ring (bicyclic) bond motifs is 1. The minimum Gasteiger partial charge on any atom is -0.355 e. The van der Waals surface area contributed by atoms with Gasteiger partial charge < -0.3 is 10.2 Å². The molecule has 5 rings (SSSR count). The van der Waals surface area contributed by atoms with E-state index in [0.29, 0.717) is 11.1 Å². The van der Waals surface area contributed by atoms with Gasteiger partial charge in [0.1, 0.15) is 12.4 Å². The molecule has 0 atom stereocenters. The molecule has 1 saturated carbocycles. The molecule has 150 valence electrons. The second-order valence-electron chi connectivity index (χ2n) is 8.15. The van der Waals surface area contributed by atoms with Crippen LogP contribution in [0.3, 0.4) is 0 Å². The summed E-state index contributed by atoms with van der Waals surface area (Å²) in [6.45, 7) is 1.84. The molecule has 1 aliphatic carbocycles. The Bertz CT molecular complexity index is 1120. The molecule has 2 fully saturated rings. The third-order valence-corrected chi connectivity index (χ3v) is 6.97. The van der Waals surface area contributed by atoms with Gasteiger partial charge in [0.05, 0.1) is 15.7 Å². The molecule has 1 amide bonds. The van der Waals surface area contributed by atoms with Gasteiger partial charge in [-0.05, 0) is 55.4 Å². The molecule has 2 aromatic heterocycles. The van der Waals surface area contributed by atoms with Crippen LogP contribution < -0.4 is 15.8 Å².